The van der Waals surface area contributed by atoms with Crippen LogP contribution in [0.25, 0.3) is 0 Å². The summed E-state index contributed by atoms with van der Waals surface area (Å²) in [6.07, 6.45) is 2.18. The van der Waals surface area contributed by atoms with Crippen molar-refractivity contribution in [1.82, 2.24) is 0 Å². The highest BCUT2D eigenvalue weighted by molar-refractivity contribution is 6.31. The van der Waals surface area contributed by atoms with Gasteiger partial charge in [0.1, 0.15) is 0 Å². The molecule has 1 rings (SSSR count). The Morgan fingerprint density at radius 1 is 1.00 bits per heavy atom. The molecule has 0 heterocycles. The SMILES string of the molecule is CC(C)Cc1ccc(CC(C)C)c(Cl)c1. The lowest BCUT2D eigenvalue weighted by Gasteiger charge is -2.10. The van der Waals surface area contributed by atoms with Crippen molar-refractivity contribution in [3.63, 3.8) is 0 Å². The number of rotatable bonds is 4. The maximum Gasteiger partial charge on any atom is 0.0440 e. The van der Waals surface area contributed by atoms with Crippen molar-refractivity contribution in [2.75, 3.05) is 0 Å². The maximum atomic E-state index is 6.26. The molecule has 0 spiro atoms. The fourth-order valence-electron chi connectivity index (χ4n) is 1.79. The first-order valence-corrected chi connectivity index (χ1v) is 6.14. The Kier molecular flexibility index (Phi) is 4.66. The number of benzene rings is 1. The first-order valence-electron chi connectivity index (χ1n) is 5.76. The van der Waals surface area contributed by atoms with Crippen LogP contribution in [0.3, 0.4) is 0 Å². The normalized spacial score (nSPS) is 11.4. The third kappa shape index (κ3) is 4.25. The van der Waals surface area contributed by atoms with E-state index in [1.807, 2.05) is 0 Å². The highest BCUT2D eigenvalue weighted by atomic mass is 35.5. The average Bonchev–Trinajstić information content (AvgIpc) is 2.08. The van der Waals surface area contributed by atoms with E-state index in [2.05, 4.69) is 45.9 Å². The van der Waals surface area contributed by atoms with Gasteiger partial charge in [-0.1, -0.05) is 51.4 Å². The molecule has 84 valence electrons. The van der Waals surface area contributed by atoms with Crippen molar-refractivity contribution in [3.05, 3.63) is 34.3 Å². The molecule has 0 saturated carbocycles. The van der Waals surface area contributed by atoms with Gasteiger partial charge in [-0.2, -0.15) is 0 Å². The monoisotopic (exact) mass is 224 g/mol. The van der Waals surface area contributed by atoms with Gasteiger partial charge in [0.2, 0.25) is 0 Å². The summed E-state index contributed by atoms with van der Waals surface area (Å²) in [4.78, 5) is 0. The molecular weight excluding hydrogens is 204 g/mol. The molecular formula is C14H21Cl. The van der Waals surface area contributed by atoms with Crippen LogP contribution in [0.1, 0.15) is 38.8 Å². The fourth-order valence-corrected chi connectivity index (χ4v) is 2.07. The molecule has 15 heavy (non-hydrogen) atoms. The Bertz CT molecular complexity index is 313. The topological polar surface area (TPSA) is 0 Å². The molecule has 0 bridgehead atoms. The predicted molar refractivity (Wildman–Crippen MR) is 68.5 cm³/mol. The lowest BCUT2D eigenvalue weighted by atomic mass is 9.98. The van der Waals surface area contributed by atoms with Crippen molar-refractivity contribution >= 4 is 11.6 Å². The van der Waals surface area contributed by atoms with Crippen molar-refractivity contribution in [2.24, 2.45) is 11.8 Å². The van der Waals surface area contributed by atoms with Crippen molar-refractivity contribution < 1.29 is 0 Å². The zero-order valence-electron chi connectivity index (χ0n) is 10.2. The summed E-state index contributed by atoms with van der Waals surface area (Å²) in [5, 5.41) is 0.932. The van der Waals surface area contributed by atoms with Gasteiger partial charge in [0.05, 0.1) is 0 Å². The summed E-state index contributed by atoms with van der Waals surface area (Å²) in [5.74, 6) is 1.36. The van der Waals surface area contributed by atoms with Gasteiger partial charge in [-0.05, 0) is 41.9 Å². The molecule has 0 fully saturated rings. The van der Waals surface area contributed by atoms with Crippen molar-refractivity contribution in [2.45, 2.75) is 40.5 Å². The number of halogens is 1. The fraction of sp³-hybridized carbons (Fsp3) is 0.571. The first-order chi connectivity index (χ1) is 6.99. The second-order valence-corrected chi connectivity index (χ2v) is 5.53. The van der Waals surface area contributed by atoms with E-state index in [0.29, 0.717) is 11.8 Å². The van der Waals surface area contributed by atoms with E-state index in [-0.39, 0.29) is 0 Å². The van der Waals surface area contributed by atoms with Crippen LogP contribution >= 0.6 is 11.6 Å². The Balaban J connectivity index is 2.78. The molecule has 0 nitrogen and oxygen atoms in total. The molecule has 1 aromatic carbocycles. The third-order valence-electron chi connectivity index (χ3n) is 2.39. The van der Waals surface area contributed by atoms with Crippen LogP contribution < -0.4 is 0 Å². The van der Waals surface area contributed by atoms with Gasteiger partial charge in [-0.3, -0.25) is 0 Å². The maximum absolute atomic E-state index is 6.26. The van der Waals surface area contributed by atoms with Crippen LogP contribution in [0.5, 0.6) is 0 Å². The van der Waals surface area contributed by atoms with Gasteiger partial charge >= 0.3 is 0 Å². The van der Waals surface area contributed by atoms with Gasteiger partial charge in [-0.25, -0.2) is 0 Å². The zero-order valence-corrected chi connectivity index (χ0v) is 10.9. The molecule has 0 aliphatic heterocycles. The van der Waals surface area contributed by atoms with E-state index in [4.69, 9.17) is 11.6 Å². The lowest BCUT2D eigenvalue weighted by Crippen LogP contribution is -1.98. The summed E-state index contributed by atoms with van der Waals surface area (Å²) in [6.45, 7) is 8.91. The van der Waals surface area contributed by atoms with Crippen LogP contribution in [0, 0.1) is 11.8 Å². The summed E-state index contributed by atoms with van der Waals surface area (Å²) < 4.78 is 0. The standard InChI is InChI=1S/C14H21Cl/c1-10(2)7-12-5-6-13(8-11(3)4)14(15)9-12/h5-6,9-11H,7-8H2,1-4H3. The van der Waals surface area contributed by atoms with Crippen molar-refractivity contribution in [3.8, 4) is 0 Å². The molecule has 0 N–H and O–H groups in total. The Hall–Kier alpha value is -0.490. The molecule has 0 aromatic heterocycles. The van der Waals surface area contributed by atoms with Crippen LogP contribution in [0.15, 0.2) is 18.2 Å². The molecule has 1 aromatic rings. The van der Waals surface area contributed by atoms with E-state index in [1.165, 1.54) is 11.1 Å². The first kappa shape index (κ1) is 12.6. The quantitative estimate of drug-likeness (QED) is 0.693. The molecule has 0 radical (unpaired) electrons. The van der Waals surface area contributed by atoms with E-state index in [1.54, 1.807) is 0 Å². The van der Waals surface area contributed by atoms with Gasteiger partial charge in [0, 0.05) is 5.02 Å². The van der Waals surface area contributed by atoms with E-state index < -0.39 is 0 Å². The van der Waals surface area contributed by atoms with E-state index >= 15 is 0 Å². The average molecular weight is 225 g/mol. The van der Waals surface area contributed by atoms with Crippen LogP contribution in [0.4, 0.5) is 0 Å². The largest absolute Gasteiger partial charge is 0.0840 e. The summed E-state index contributed by atoms with van der Waals surface area (Å²) >= 11 is 6.26. The second-order valence-electron chi connectivity index (χ2n) is 5.12. The zero-order chi connectivity index (χ0) is 11.4. The van der Waals surface area contributed by atoms with E-state index in [9.17, 15) is 0 Å². The van der Waals surface area contributed by atoms with Gasteiger partial charge < -0.3 is 0 Å². The van der Waals surface area contributed by atoms with Crippen LogP contribution in [-0.2, 0) is 12.8 Å². The molecule has 0 aliphatic carbocycles. The molecule has 0 atom stereocenters. The molecule has 0 aliphatic rings. The summed E-state index contributed by atoms with van der Waals surface area (Å²) in [6, 6.07) is 6.52. The highest BCUT2D eigenvalue weighted by Crippen LogP contribution is 2.22. The summed E-state index contributed by atoms with van der Waals surface area (Å²) in [7, 11) is 0. The summed E-state index contributed by atoms with van der Waals surface area (Å²) in [5.41, 5.74) is 2.63. The minimum atomic E-state index is 0.665. The molecule has 1 heteroatoms. The molecule has 0 unspecified atom stereocenters. The third-order valence-corrected chi connectivity index (χ3v) is 2.74. The second kappa shape index (κ2) is 5.55. The van der Waals surface area contributed by atoms with Gasteiger partial charge in [-0.15, -0.1) is 0 Å². The van der Waals surface area contributed by atoms with Crippen LogP contribution in [0.2, 0.25) is 5.02 Å². The predicted octanol–water partition coefficient (Wildman–Crippen LogP) is 4.74. The Morgan fingerprint density at radius 2 is 1.60 bits per heavy atom. The lowest BCUT2D eigenvalue weighted by molar-refractivity contribution is 0.640. The van der Waals surface area contributed by atoms with Crippen molar-refractivity contribution in [1.29, 1.82) is 0 Å². The minimum absolute atomic E-state index is 0.665. The Morgan fingerprint density at radius 3 is 2.07 bits per heavy atom. The smallest absolute Gasteiger partial charge is 0.0440 e. The van der Waals surface area contributed by atoms with Gasteiger partial charge in [0.25, 0.3) is 0 Å². The molecule has 0 amide bonds. The number of hydrogen-bond donors (Lipinski definition) is 0. The van der Waals surface area contributed by atoms with Gasteiger partial charge in [0.15, 0.2) is 0 Å². The minimum Gasteiger partial charge on any atom is -0.0840 e. The molecule has 0 saturated heterocycles. The van der Waals surface area contributed by atoms with E-state index in [0.717, 1.165) is 17.9 Å². The van der Waals surface area contributed by atoms with Crippen LogP contribution in [-0.4, -0.2) is 0 Å². The highest BCUT2D eigenvalue weighted by Gasteiger charge is 2.05. The number of hydrogen-bond acceptors (Lipinski definition) is 0. The Labute approximate surface area is 98.7 Å².